The van der Waals surface area contributed by atoms with Gasteiger partial charge in [0.2, 0.25) is 5.89 Å². The summed E-state index contributed by atoms with van der Waals surface area (Å²) in [4.78, 5) is 3.84. The van der Waals surface area contributed by atoms with Crippen LogP contribution in [0.1, 0.15) is 11.5 Å². The third-order valence-electron chi connectivity index (χ3n) is 5.03. The fourth-order valence-corrected chi connectivity index (χ4v) is 3.57. The summed E-state index contributed by atoms with van der Waals surface area (Å²) >= 11 is 0. The number of hydrogen-bond donors (Lipinski definition) is 1. The van der Waals surface area contributed by atoms with E-state index in [1.54, 1.807) is 7.11 Å². The van der Waals surface area contributed by atoms with E-state index in [-0.39, 0.29) is 0 Å². The van der Waals surface area contributed by atoms with Gasteiger partial charge in [0.1, 0.15) is 5.75 Å². The normalized spacial score (nSPS) is 15.1. The van der Waals surface area contributed by atoms with Crippen molar-refractivity contribution in [1.82, 2.24) is 10.2 Å². The first-order valence-electron chi connectivity index (χ1n) is 9.34. The molecule has 6 nitrogen and oxygen atoms in total. The summed E-state index contributed by atoms with van der Waals surface area (Å²) in [5.74, 6) is 2.23. The first-order valence-corrected chi connectivity index (χ1v) is 9.34. The van der Waals surface area contributed by atoms with Crippen molar-refractivity contribution >= 4 is 5.69 Å². The van der Waals surface area contributed by atoms with Crippen molar-refractivity contribution in [2.45, 2.75) is 13.5 Å². The minimum Gasteiger partial charge on any atom is -0.495 e. The van der Waals surface area contributed by atoms with Gasteiger partial charge in [-0.15, -0.1) is 10.2 Å². The van der Waals surface area contributed by atoms with E-state index >= 15 is 0 Å². The standard InChI is InChI=1S/C21H24N4O2/c1-16-6-5-7-17(14-16)21-23-22-20(27-21)15-24-10-12-25(13-11-24)18-8-3-4-9-19(18)26-2/h3-9,14H,10-13,15H2,1-2H3/p+1. The summed E-state index contributed by atoms with van der Waals surface area (Å²) in [6, 6.07) is 16.3. The molecule has 0 aliphatic carbocycles. The molecule has 0 spiro atoms. The lowest BCUT2D eigenvalue weighted by Crippen LogP contribution is -3.13. The Labute approximate surface area is 159 Å². The maximum absolute atomic E-state index is 5.90. The Morgan fingerprint density at radius 2 is 1.89 bits per heavy atom. The van der Waals surface area contributed by atoms with Crippen LogP contribution in [0.25, 0.3) is 11.5 Å². The predicted octanol–water partition coefficient (Wildman–Crippen LogP) is 1.96. The Kier molecular flexibility index (Phi) is 5.07. The van der Waals surface area contributed by atoms with E-state index in [0.717, 1.165) is 44.0 Å². The van der Waals surface area contributed by atoms with E-state index in [1.807, 2.05) is 24.3 Å². The number of ether oxygens (including phenoxy) is 1. The van der Waals surface area contributed by atoms with Crippen LogP contribution in [0.3, 0.4) is 0 Å². The molecular formula is C21H25N4O2+. The van der Waals surface area contributed by atoms with Crippen molar-refractivity contribution in [2.24, 2.45) is 0 Å². The second-order valence-corrected chi connectivity index (χ2v) is 6.96. The average molecular weight is 365 g/mol. The summed E-state index contributed by atoms with van der Waals surface area (Å²) < 4.78 is 11.4. The number of anilines is 1. The highest BCUT2D eigenvalue weighted by Gasteiger charge is 2.24. The number of piperazine rings is 1. The van der Waals surface area contributed by atoms with Crippen LogP contribution in [0, 0.1) is 6.92 Å². The van der Waals surface area contributed by atoms with Gasteiger partial charge in [-0.2, -0.15) is 0 Å². The third kappa shape index (κ3) is 3.95. The highest BCUT2D eigenvalue weighted by Crippen LogP contribution is 2.27. The number of methoxy groups -OCH3 is 1. The van der Waals surface area contributed by atoms with Gasteiger partial charge >= 0.3 is 0 Å². The summed E-state index contributed by atoms with van der Waals surface area (Å²) in [7, 11) is 1.72. The second kappa shape index (κ2) is 7.80. The van der Waals surface area contributed by atoms with Gasteiger partial charge in [-0.3, -0.25) is 0 Å². The van der Waals surface area contributed by atoms with Gasteiger partial charge in [0, 0.05) is 5.56 Å². The zero-order chi connectivity index (χ0) is 18.6. The fraction of sp³-hybridized carbons (Fsp3) is 0.333. The number of nitrogens with zero attached hydrogens (tertiary/aromatic N) is 3. The SMILES string of the molecule is COc1ccccc1N1CC[NH+](Cc2nnc(-c3cccc(C)c3)o2)CC1. The lowest BCUT2D eigenvalue weighted by atomic mass is 10.1. The number of benzene rings is 2. The molecule has 1 aliphatic rings. The maximum atomic E-state index is 5.90. The van der Waals surface area contributed by atoms with Crippen LogP contribution < -0.4 is 14.5 Å². The molecule has 27 heavy (non-hydrogen) atoms. The molecule has 0 unspecified atom stereocenters. The number of para-hydroxylation sites is 2. The molecule has 6 heteroatoms. The van der Waals surface area contributed by atoms with E-state index in [0.29, 0.717) is 11.8 Å². The van der Waals surface area contributed by atoms with Crippen LogP contribution in [0.15, 0.2) is 52.9 Å². The molecule has 140 valence electrons. The monoisotopic (exact) mass is 365 g/mol. The molecule has 1 saturated heterocycles. The largest absolute Gasteiger partial charge is 0.495 e. The van der Waals surface area contributed by atoms with E-state index < -0.39 is 0 Å². The number of hydrogen-bond acceptors (Lipinski definition) is 5. The van der Waals surface area contributed by atoms with Gasteiger partial charge in [-0.25, -0.2) is 0 Å². The van der Waals surface area contributed by atoms with Crippen molar-refractivity contribution in [3.63, 3.8) is 0 Å². The quantitative estimate of drug-likeness (QED) is 0.749. The molecule has 0 amide bonds. The summed E-state index contributed by atoms with van der Waals surface area (Å²) in [5.41, 5.74) is 3.33. The van der Waals surface area contributed by atoms with Crippen LogP contribution in [0.4, 0.5) is 5.69 Å². The van der Waals surface area contributed by atoms with Gasteiger partial charge in [-0.05, 0) is 31.2 Å². The second-order valence-electron chi connectivity index (χ2n) is 6.96. The molecule has 1 fully saturated rings. The highest BCUT2D eigenvalue weighted by atomic mass is 16.5. The fourth-order valence-electron chi connectivity index (χ4n) is 3.57. The van der Waals surface area contributed by atoms with Crippen LogP contribution in [0.2, 0.25) is 0 Å². The first kappa shape index (κ1) is 17.5. The molecule has 0 bridgehead atoms. The van der Waals surface area contributed by atoms with Crippen molar-refractivity contribution < 1.29 is 14.1 Å². The highest BCUT2D eigenvalue weighted by molar-refractivity contribution is 5.58. The zero-order valence-corrected chi connectivity index (χ0v) is 15.8. The molecule has 0 radical (unpaired) electrons. The molecule has 1 aromatic heterocycles. The number of aryl methyl sites for hydroxylation is 1. The van der Waals surface area contributed by atoms with E-state index in [9.17, 15) is 0 Å². The van der Waals surface area contributed by atoms with Gasteiger partial charge in [0.25, 0.3) is 5.89 Å². The topological polar surface area (TPSA) is 55.8 Å². The first-order chi connectivity index (χ1) is 13.2. The molecule has 0 atom stereocenters. The summed E-state index contributed by atoms with van der Waals surface area (Å²) in [5, 5.41) is 8.47. The molecule has 0 saturated carbocycles. The Bertz CT molecular complexity index is 900. The lowest BCUT2D eigenvalue weighted by molar-refractivity contribution is -0.915. The molecule has 2 aromatic carbocycles. The van der Waals surface area contributed by atoms with Crippen molar-refractivity contribution in [3.05, 3.63) is 60.0 Å². The number of rotatable bonds is 5. The van der Waals surface area contributed by atoms with Crippen LogP contribution >= 0.6 is 0 Å². The average Bonchev–Trinajstić information content (AvgIpc) is 3.17. The van der Waals surface area contributed by atoms with Crippen molar-refractivity contribution in [3.8, 4) is 17.2 Å². The predicted molar refractivity (Wildman–Crippen MR) is 104 cm³/mol. The van der Waals surface area contributed by atoms with Crippen LogP contribution in [-0.2, 0) is 6.54 Å². The van der Waals surface area contributed by atoms with Crippen LogP contribution in [-0.4, -0.2) is 43.5 Å². The summed E-state index contributed by atoms with van der Waals surface area (Å²) in [6.45, 7) is 6.84. The van der Waals surface area contributed by atoms with Crippen molar-refractivity contribution in [2.75, 3.05) is 38.2 Å². The molecule has 4 rings (SSSR count). The Balaban J connectivity index is 1.37. The van der Waals surface area contributed by atoms with E-state index in [4.69, 9.17) is 9.15 Å². The molecular weight excluding hydrogens is 340 g/mol. The van der Waals surface area contributed by atoms with Gasteiger partial charge in [0.05, 0.1) is 39.0 Å². The van der Waals surface area contributed by atoms with E-state index in [1.165, 1.54) is 16.2 Å². The maximum Gasteiger partial charge on any atom is 0.271 e. The van der Waals surface area contributed by atoms with Gasteiger partial charge in [0.15, 0.2) is 6.54 Å². The number of quaternary nitrogens is 1. The number of nitrogens with one attached hydrogen (secondary N) is 1. The summed E-state index contributed by atoms with van der Waals surface area (Å²) in [6.07, 6.45) is 0. The molecule has 3 aromatic rings. The lowest BCUT2D eigenvalue weighted by Gasteiger charge is -2.33. The third-order valence-corrected chi connectivity index (χ3v) is 5.03. The Morgan fingerprint density at radius 1 is 1.07 bits per heavy atom. The van der Waals surface area contributed by atoms with Gasteiger partial charge in [-0.1, -0.05) is 29.8 Å². The van der Waals surface area contributed by atoms with Crippen molar-refractivity contribution in [1.29, 1.82) is 0 Å². The Morgan fingerprint density at radius 3 is 2.67 bits per heavy atom. The smallest absolute Gasteiger partial charge is 0.271 e. The zero-order valence-electron chi connectivity index (χ0n) is 15.8. The van der Waals surface area contributed by atoms with Gasteiger partial charge < -0.3 is 19.0 Å². The number of aromatic nitrogens is 2. The molecule has 1 aliphatic heterocycles. The van der Waals surface area contributed by atoms with Crippen LogP contribution in [0.5, 0.6) is 5.75 Å². The Hall–Kier alpha value is -2.86. The minimum atomic E-state index is 0.598. The molecule has 1 N–H and O–H groups in total. The minimum absolute atomic E-state index is 0.598. The van der Waals surface area contributed by atoms with E-state index in [2.05, 4.69) is 46.3 Å². The molecule has 2 heterocycles.